The average Bonchev–Trinajstić information content (AvgIpc) is 2.14. The van der Waals surface area contributed by atoms with Crippen molar-refractivity contribution in [2.24, 2.45) is 11.3 Å². The van der Waals surface area contributed by atoms with Crippen LogP contribution in [0.2, 0.25) is 0 Å². The van der Waals surface area contributed by atoms with E-state index in [4.69, 9.17) is 9.90 Å². The van der Waals surface area contributed by atoms with E-state index in [9.17, 15) is 0 Å². The summed E-state index contributed by atoms with van der Waals surface area (Å²) in [5.74, 6) is 0.850. The van der Waals surface area contributed by atoms with Crippen molar-refractivity contribution < 1.29 is 39.5 Å². The van der Waals surface area contributed by atoms with Crippen molar-refractivity contribution in [3.8, 4) is 0 Å². The van der Waals surface area contributed by atoms with E-state index >= 15 is 0 Å². The Labute approximate surface area is 96.2 Å². The topological polar surface area (TPSA) is 52.2 Å². The van der Waals surface area contributed by atoms with E-state index in [1.165, 1.54) is 13.1 Å². The molecule has 1 aliphatic rings. The van der Waals surface area contributed by atoms with Crippen molar-refractivity contribution in [2.45, 2.75) is 20.8 Å². The second kappa shape index (κ2) is 6.89. The van der Waals surface area contributed by atoms with Crippen LogP contribution < -0.4 is 40.0 Å². The first-order chi connectivity index (χ1) is 5.04. The molecule has 1 atom stereocenters. The molecule has 4 heteroatoms. The first-order valence-corrected chi connectivity index (χ1v) is 3.81. The normalized spacial score (nSPS) is 24.8. The first-order valence-electron chi connectivity index (χ1n) is 3.81. The zero-order chi connectivity index (χ0) is 8.91. The van der Waals surface area contributed by atoms with Gasteiger partial charge in [0.25, 0.3) is 0 Å². The monoisotopic (exact) mass is 181 g/mol. The summed E-state index contributed by atoms with van der Waals surface area (Å²) in [6.45, 7) is 8.83. The van der Waals surface area contributed by atoms with Gasteiger partial charge in [0.1, 0.15) is 0 Å². The molecule has 1 unspecified atom stereocenters. The number of nitrogens with one attached hydrogen (secondary N) is 1. The Morgan fingerprint density at radius 3 is 2.08 bits per heavy atom. The second-order valence-corrected chi connectivity index (χ2v) is 3.62. The Kier molecular flexibility index (Phi) is 8.58. The summed E-state index contributed by atoms with van der Waals surface area (Å²) >= 11 is 0. The molecule has 0 aromatic carbocycles. The molecular formula is C8H16NNaO2. The van der Waals surface area contributed by atoms with Crippen LogP contribution in [0.15, 0.2) is 0 Å². The molecule has 1 heterocycles. The first kappa shape index (κ1) is 14.9. The number of carbonyl (C=O) groups is 1. The van der Waals surface area contributed by atoms with E-state index in [1.54, 1.807) is 0 Å². The predicted octanol–water partition coefficient (Wildman–Crippen LogP) is -3.38. The van der Waals surface area contributed by atoms with Crippen LogP contribution >= 0.6 is 0 Å². The van der Waals surface area contributed by atoms with E-state index in [0.29, 0.717) is 5.41 Å². The third-order valence-electron chi connectivity index (χ3n) is 2.37. The van der Waals surface area contributed by atoms with Crippen LogP contribution in [0.5, 0.6) is 0 Å². The molecule has 1 saturated heterocycles. The fourth-order valence-corrected chi connectivity index (χ4v) is 1.06. The SMILES string of the molecule is CC1CNCC1(C)C.O=C[O-].[Na+]. The van der Waals surface area contributed by atoms with Crippen molar-refractivity contribution >= 4 is 6.47 Å². The Bertz CT molecular complexity index is 128. The molecule has 66 valence electrons. The maximum Gasteiger partial charge on any atom is 1.00 e. The molecule has 1 fully saturated rings. The summed E-state index contributed by atoms with van der Waals surface area (Å²) in [7, 11) is 0. The Morgan fingerprint density at radius 2 is 2.00 bits per heavy atom. The zero-order valence-corrected chi connectivity index (χ0v) is 10.4. The summed E-state index contributed by atoms with van der Waals surface area (Å²) in [5, 5.41) is 11.6. The number of hydrogen-bond acceptors (Lipinski definition) is 3. The molecule has 0 radical (unpaired) electrons. The number of rotatable bonds is 0. The van der Waals surface area contributed by atoms with E-state index in [-0.39, 0.29) is 29.6 Å². The van der Waals surface area contributed by atoms with Gasteiger partial charge in [-0.1, -0.05) is 20.8 Å². The van der Waals surface area contributed by atoms with Gasteiger partial charge in [-0.2, -0.15) is 0 Å². The molecule has 0 spiro atoms. The molecule has 0 aliphatic carbocycles. The standard InChI is InChI=1S/C7H15N.CH2O2.Na/c1-6-4-8-5-7(6,2)3;2-1-3;/h6,8H,4-5H2,1-3H3;1H,(H,2,3);/q;;+1/p-1. The van der Waals surface area contributed by atoms with Crippen molar-refractivity contribution in [1.82, 2.24) is 5.32 Å². The minimum Gasteiger partial charge on any atom is -0.554 e. The predicted molar refractivity (Wildman–Crippen MR) is 41.9 cm³/mol. The second-order valence-electron chi connectivity index (χ2n) is 3.62. The van der Waals surface area contributed by atoms with E-state index in [0.717, 1.165) is 5.92 Å². The quantitative estimate of drug-likeness (QED) is 0.313. The van der Waals surface area contributed by atoms with Crippen LogP contribution in [0.3, 0.4) is 0 Å². The van der Waals surface area contributed by atoms with Crippen LogP contribution in [-0.2, 0) is 4.79 Å². The molecule has 0 aromatic heterocycles. The van der Waals surface area contributed by atoms with E-state index < -0.39 is 6.47 Å². The molecule has 1 N–H and O–H groups in total. The van der Waals surface area contributed by atoms with Crippen LogP contribution in [0.1, 0.15) is 20.8 Å². The molecule has 0 saturated carbocycles. The molecule has 1 aliphatic heterocycles. The summed E-state index contributed by atoms with van der Waals surface area (Å²) < 4.78 is 0. The third kappa shape index (κ3) is 5.14. The Hall–Kier alpha value is 0.430. The van der Waals surface area contributed by atoms with E-state index in [1.807, 2.05) is 0 Å². The van der Waals surface area contributed by atoms with Crippen molar-refractivity contribution in [3.05, 3.63) is 0 Å². The van der Waals surface area contributed by atoms with Crippen LogP contribution in [-0.4, -0.2) is 19.6 Å². The van der Waals surface area contributed by atoms with Gasteiger partial charge in [0.05, 0.1) is 0 Å². The molecule has 0 aromatic rings. The molecule has 12 heavy (non-hydrogen) atoms. The van der Waals surface area contributed by atoms with Crippen LogP contribution in [0.4, 0.5) is 0 Å². The summed E-state index contributed by atoms with van der Waals surface area (Å²) in [5.41, 5.74) is 0.542. The van der Waals surface area contributed by atoms with Gasteiger partial charge in [-0.3, -0.25) is 0 Å². The molecule has 0 amide bonds. The zero-order valence-electron chi connectivity index (χ0n) is 8.39. The van der Waals surface area contributed by atoms with Crippen molar-refractivity contribution in [1.29, 1.82) is 0 Å². The Balaban J connectivity index is 0. The van der Waals surface area contributed by atoms with E-state index in [2.05, 4.69) is 26.1 Å². The fourth-order valence-electron chi connectivity index (χ4n) is 1.06. The average molecular weight is 181 g/mol. The van der Waals surface area contributed by atoms with Crippen molar-refractivity contribution in [2.75, 3.05) is 13.1 Å². The van der Waals surface area contributed by atoms with Gasteiger partial charge < -0.3 is 15.2 Å². The smallest absolute Gasteiger partial charge is 0.554 e. The maximum absolute atomic E-state index is 8.25. The van der Waals surface area contributed by atoms with Gasteiger partial charge in [-0.15, -0.1) is 0 Å². The molecular weight excluding hydrogens is 165 g/mol. The van der Waals surface area contributed by atoms with Crippen LogP contribution in [0, 0.1) is 11.3 Å². The minimum atomic E-state index is -0.500. The number of hydrogen-bond donors (Lipinski definition) is 1. The Morgan fingerprint density at radius 1 is 1.58 bits per heavy atom. The van der Waals surface area contributed by atoms with Crippen molar-refractivity contribution in [3.63, 3.8) is 0 Å². The summed E-state index contributed by atoms with van der Waals surface area (Å²) in [6, 6.07) is 0. The van der Waals surface area contributed by atoms with Gasteiger partial charge in [0.15, 0.2) is 0 Å². The summed E-state index contributed by atoms with van der Waals surface area (Å²) in [4.78, 5) is 8.25. The minimum absolute atomic E-state index is 0. The molecule has 3 nitrogen and oxygen atoms in total. The number of carboxylic acid groups (broad SMARTS) is 1. The van der Waals surface area contributed by atoms with Crippen LogP contribution in [0.25, 0.3) is 0 Å². The van der Waals surface area contributed by atoms with Gasteiger partial charge in [0.2, 0.25) is 0 Å². The fraction of sp³-hybridized carbons (Fsp3) is 0.875. The van der Waals surface area contributed by atoms with Gasteiger partial charge in [-0.05, 0) is 17.9 Å². The maximum atomic E-state index is 8.25. The molecule has 0 bridgehead atoms. The summed E-state index contributed by atoms with van der Waals surface area (Å²) in [6.07, 6.45) is 0. The largest absolute Gasteiger partial charge is 1.00 e. The number of carbonyl (C=O) groups excluding carboxylic acids is 1. The van der Waals surface area contributed by atoms with Gasteiger partial charge >= 0.3 is 29.6 Å². The third-order valence-corrected chi connectivity index (χ3v) is 2.37. The molecule has 1 rings (SSSR count). The van der Waals surface area contributed by atoms with Gasteiger partial charge in [-0.25, -0.2) is 0 Å². The van der Waals surface area contributed by atoms with Gasteiger partial charge in [0, 0.05) is 13.0 Å².